The van der Waals surface area contributed by atoms with Gasteiger partial charge in [-0.05, 0) is 12.1 Å². The minimum atomic E-state index is -0.461. The number of β-amino-alcohol motifs (C(OH)–C–C–N with tert-alkyl or cyclic N) is 1. The molecule has 1 saturated heterocycles. The van der Waals surface area contributed by atoms with Crippen LogP contribution in [-0.2, 0) is 11.3 Å². The van der Waals surface area contributed by atoms with E-state index in [9.17, 15) is 5.11 Å². The highest BCUT2D eigenvalue weighted by Crippen LogP contribution is 2.05. The van der Waals surface area contributed by atoms with Crippen molar-refractivity contribution in [2.75, 3.05) is 45.9 Å². The number of hydrogen-bond acceptors (Lipinski definition) is 5. The van der Waals surface area contributed by atoms with Gasteiger partial charge in [0.05, 0.1) is 19.0 Å². The number of nitrogens with zero attached hydrogens (tertiary/aromatic N) is 2. The normalized spacial score (nSPS) is 18.5. The highest BCUT2D eigenvalue weighted by molar-refractivity contribution is 4.96. The Morgan fingerprint density at radius 1 is 1.33 bits per heavy atom. The van der Waals surface area contributed by atoms with Crippen molar-refractivity contribution in [3.05, 3.63) is 24.2 Å². The van der Waals surface area contributed by atoms with E-state index >= 15 is 0 Å². The summed E-state index contributed by atoms with van der Waals surface area (Å²) in [6.45, 7) is 6.34. The quantitative estimate of drug-likeness (QED) is 0.718. The van der Waals surface area contributed by atoms with E-state index in [1.165, 1.54) is 0 Å². The first-order valence-electron chi connectivity index (χ1n) is 7.44. The largest absolute Gasteiger partial charge is 0.467 e. The molecule has 1 unspecified atom stereocenters. The molecule has 1 aromatic heterocycles. The van der Waals surface area contributed by atoms with E-state index in [-0.39, 0.29) is 0 Å². The Kier molecular flexibility index (Phi) is 6.77. The summed E-state index contributed by atoms with van der Waals surface area (Å²) in [5.74, 6) is 3.46. The van der Waals surface area contributed by atoms with Gasteiger partial charge in [0.1, 0.15) is 12.4 Å². The molecular formula is C16H24N2O3. The van der Waals surface area contributed by atoms with E-state index in [1.54, 1.807) is 6.26 Å². The second kappa shape index (κ2) is 8.85. The number of hydrogen-bond donors (Lipinski definition) is 1. The number of aliphatic hydroxyl groups is 1. The van der Waals surface area contributed by atoms with Gasteiger partial charge in [0.15, 0.2) is 0 Å². The molecule has 21 heavy (non-hydrogen) atoms. The Labute approximate surface area is 126 Å². The van der Waals surface area contributed by atoms with Crippen LogP contribution in [0, 0.1) is 12.3 Å². The van der Waals surface area contributed by atoms with Crippen LogP contribution < -0.4 is 0 Å². The monoisotopic (exact) mass is 292 g/mol. The second-order valence-corrected chi connectivity index (χ2v) is 5.34. The maximum atomic E-state index is 10.00. The van der Waals surface area contributed by atoms with Crippen molar-refractivity contribution in [2.24, 2.45) is 0 Å². The zero-order chi connectivity index (χ0) is 14.9. The SMILES string of the molecule is C#CCCN1CCN(CC(O)COCc2ccco2)CC1. The third kappa shape index (κ3) is 5.90. The van der Waals surface area contributed by atoms with Gasteiger partial charge in [-0.2, -0.15) is 0 Å². The summed E-state index contributed by atoms with van der Waals surface area (Å²) in [6.07, 6.45) is 7.25. The molecule has 116 valence electrons. The molecule has 0 radical (unpaired) electrons. The fraction of sp³-hybridized carbons (Fsp3) is 0.625. The molecule has 2 rings (SSSR count). The van der Waals surface area contributed by atoms with Crippen LogP contribution in [0.1, 0.15) is 12.2 Å². The summed E-state index contributed by atoms with van der Waals surface area (Å²) in [5.41, 5.74) is 0. The molecule has 5 nitrogen and oxygen atoms in total. The fourth-order valence-electron chi connectivity index (χ4n) is 2.46. The van der Waals surface area contributed by atoms with E-state index < -0.39 is 6.10 Å². The van der Waals surface area contributed by atoms with Crippen molar-refractivity contribution in [1.29, 1.82) is 0 Å². The number of furan rings is 1. The van der Waals surface area contributed by atoms with E-state index in [4.69, 9.17) is 15.6 Å². The third-order valence-corrected chi connectivity index (χ3v) is 3.64. The lowest BCUT2D eigenvalue weighted by atomic mass is 10.2. The molecular weight excluding hydrogens is 268 g/mol. The van der Waals surface area contributed by atoms with Gasteiger partial charge in [0.2, 0.25) is 0 Å². The summed E-state index contributed by atoms with van der Waals surface area (Å²) in [6, 6.07) is 3.69. The smallest absolute Gasteiger partial charge is 0.129 e. The first-order valence-corrected chi connectivity index (χ1v) is 7.44. The van der Waals surface area contributed by atoms with Crippen LogP contribution in [0.2, 0.25) is 0 Å². The second-order valence-electron chi connectivity index (χ2n) is 5.34. The van der Waals surface area contributed by atoms with Crippen LogP contribution in [0.4, 0.5) is 0 Å². The molecule has 1 atom stereocenters. The van der Waals surface area contributed by atoms with E-state index in [0.29, 0.717) is 19.8 Å². The van der Waals surface area contributed by atoms with Crippen molar-refractivity contribution in [3.63, 3.8) is 0 Å². The van der Waals surface area contributed by atoms with Crippen LogP contribution in [0.3, 0.4) is 0 Å². The van der Waals surface area contributed by atoms with Crippen LogP contribution in [0.15, 0.2) is 22.8 Å². The Morgan fingerprint density at radius 2 is 2.10 bits per heavy atom. The number of ether oxygens (including phenoxy) is 1. The molecule has 0 aliphatic carbocycles. The summed E-state index contributed by atoms with van der Waals surface area (Å²) < 4.78 is 10.6. The lowest BCUT2D eigenvalue weighted by Crippen LogP contribution is -2.49. The zero-order valence-corrected chi connectivity index (χ0v) is 12.4. The molecule has 0 spiro atoms. The summed E-state index contributed by atoms with van der Waals surface area (Å²) in [7, 11) is 0. The third-order valence-electron chi connectivity index (χ3n) is 3.64. The molecule has 0 aromatic carbocycles. The number of terminal acetylenes is 1. The number of rotatable bonds is 8. The van der Waals surface area contributed by atoms with Gasteiger partial charge in [-0.25, -0.2) is 0 Å². The molecule has 5 heteroatoms. The lowest BCUT2D eigenvalue weighted by molar-refractivity contribution is -0.00245. The average molecular weight is 292 g/mol. The van der Waals surface area contributed by atoms with E-state index in [2.05, 4.69) is 15.7 Å². The molecule has 1 aliphatic heterocycles. The average Bonchev–Trinajstić information content (AvgIpc) is 3.00. The molecule has 0 saturated carbocycles. The van der Waals surface area contributed by atoms with Crippen molar-refractivity contribution in [2.45, 2.75) is 19.1 Å². The molecule has 1 fully saturated rings. The van der Waals surface area contributed by atoms with Crippen LogP contribution in [0.5, 0.6) is 0 Å². The summed E-state index contributed by atoms with van der Waals surface area (Å²) in [4.78, 5) is 4.64. The minimum absolute atomic E-state index is 0.331. The molecule has 0 amide bonds. The van der Waals surface area contributed by atoms with Gasteiger partial charge >= 0.3 is 0 Å². The molecule has 1 aromatic rings. The number of piperazine rings is 1. The van der Waals surface area contributed by atoms with Crippen LogP contribution in [0.25, 0.3) is 0 Å². The predicted octanol–water partition coefficient (Wildman–Crippen LogP) is 0.798. The standard InChI is InChI=1S/C16H24N2O3/c1-2-3-6-17-7-9-18(10-8-17)12-15(19)13-20-14-16-5-4-11-21-16/h1,4-5,11,15,19H,3,6-10,12-14H2. The van der Waals surface area contributed by atoms with Crippen molar-refractivity contribution < 1.29 is 14.3 Å². The highest BCUT2D eigenvalue weighted by Gasteiger charge is 2.18. The van der Waals surface area contributed by atoms with E-state index in [1.807, 2.05) is 12.1 Å². The van der Waals surface area contributed by atoms with Crippen molar-refractivity contribution >= 4 is 0 Å². The Morgan fingerprint density at radius 3 is 2.76 bits per heavy atom. The maximum absolute atomic E-state index is 10.00. The van der Waals surface area contributed by atoms with Gasteiger partial charge in [-0.15, -0.1) is 12.3 Å². The Balaban J connectivity index is 1.56. The molecule has 1 aliphatic rings. The molecule has 2 heterocycles. The van der Waals surface area contributed by atoms with Crippen molar-refractivity contribution in [3.8, 4) is 12.3 Å². The Bertz CT molecular complexity index is 419. The van der Waals surface area contributed by atoms with Gasteiger partial charge in [-0.3, -0.25) is 9.80 Å². The topological polar surface area (TPSA) is 49.1 Å². The summed E-state index contributed by atoms with van der Waals surface area (Å²) in [5, 5.41) is 10.00. The van der Waals surface area contributed by atoms with Gasteiger partial charge in [-0.1, -0.05) is 0 Å². The van der Waals surface area contributed by atoms with Gasteiger partial charge < -0.3 is 14.3 Å². The Hall–Kier alpha value is -1.32. The summed E-state index contributed by atoms with van der Waals surface area (Å²) >= 11 is 0. The van der Waals surface area contributed by atoms with Gasteiger partial charge in [0.25, 0.3) is 0 Å². The number of aliphatic hydroxyl groups excluding tert-OH is 1. The lowest BCUT2D eigenvalue weighted by Gasteiger charge is -2.35. The first kappa shape index (κ1) is 16.1. The molecule has 1 N–H and O–H groups in total. The zero-order valence-electron chi connectivity index (χ0n) is 12.4. The first-order chi connectivity index (χ1) is 10.3. The predicted molar refractivity (Wildman–Crippen MR) is 80.7 cm³/mol. The van der Waals surface area contributed by atoms with Gasteiger partial charge in [0, 0.05) is 45.7 Å². The van der Waals surface area contributed by atoms with E-state index in [0.717, 1.165) is 44.9 Å². The van der Waals surface area contributed by atoms with Crippen LogP contribution >= 0.6 is 0 Å². The molecule has 0 bridgehead atoms. The highest BCUT2D eigenvalue weighted by atomic mass is 16.5. The van der Waals surface area contributed by atoms with Crippen molar-refractivity contribution in [1.82, 2.24) is 9.80 Å². The van der Waals surface area contributed by atoms with Crippen LogP contribution in [-0.4, -0.2) is 66.9 Å². The fourth-order valence-corrected chi connectivity index (χ4v) is 2.46. The maximum Gasteiger partial charge on any atom is 0.129 e. The minimum Gasteiger partial charge on any atom is -0.467 e.